The highest BCUT2D eigenvalue weighted by atomic mass is 16.3. The summed E-state index contributed by atoms with van der Waals surface area (Å²) in [6.07, 6.45) is 0. The summed E-state index contributed by atoms with van der Waals surface area (Å²) < 4.78 is 0. The molecule has 2 rings (SSSR count). The highest BCUT2D eigenvalue weighted by Gasteiger charge is 2.17. The van der Waals surface area contributed by atoms with Gasteiger partial charge in [-0.05, 0) is 30.7 Å². The molecule has 0 bridgehead atoms. The van der Waals surface area contributed by atoms with Gasteiger partial charge < -0.3 is 15.5 Å². The van der Waals surface area contributed by atoms with Crippen molar-refractivity contribution in [1.82, 2.24) is 9.97 Å². The van der Waals surface area contributed by atoms with Crippen LogP contribution in [-0.2, 0) is 0 Å². The van der Waals surface area contributed by atoms with Crippen molar-refractivity contribution in [3.05, 3.63) is 50.2 Å². The molecule has 1 aromatic carbocycles. The number of anilines is 1. The van der Waals surface area contributed by atoms with Crippen molar-refractivity contribution in [2.45, 2.75) is 6.92 Å². The van der Waals surface area contributed by atoms with E-state index in [1.807, 2.05) is 9.97 Å². The van der Waals surface area contributed by atoms with Crippen molar-refractivity contribution >= 4 is 11.6 Å². The predicted molar refractivity (Wildman–Crippen MR) is 70.1 cm³/mol. The van der Waals surface area contributed by atoms with Gasteiger partial charge in [-0.1, -0.05) is 0 Å². The topological polar surface area (TPSA) is 135 Å². The van der Waals surface area contributed by atoms with Gasteiger partial charge in [0.15, 0.2) is 5.56 Å². The Morgan fingerprint density at radius 3 is 2.50 bits per heavy atom. The highest BCUT2D eigenvalue weighted by Crippen LogP contribution is 2.20. The fraction of sp³-hybridized carbons (Fsp3) is 0.0833. The maximum Gasteiger partial charge on any atom is 0.328 e. The normalized spacial score (nSPS) is 10.2. The minimum absolute atomic E-state index is 0.0627. The van der Waals surface area contributed by atoms with E-state index in [1.54, 1.807) is 6.92 Å². The number of aromatic amines is 2. The molecule has 0 radical (unpaired) electrons. The Labute approximate surface area is 111 Å². The van der Waals surface area contributed by atoms with Gasteiger partial charge in [-0.3, -0.25) is 19.6 Å². The maximum absolute atomic E-state index is 11.9. The van der Waals surface area contributed by atoms with Crippen LogP contribution in [0.25, 0.3) is 0 Å². The van der Waals surface area contributed by atoms with E-state index in [2.05, 4.69) is 5.32 Å². The molecule has 1 amide bonds. The molecule has 0 spiro atoms. The first-order valence-corrected chi connectivity index (χ1v) is 5.55. The molecule has 104 valence electrons. The van der Waals surface area contributed by atoms with Crippen molar-refractivity contribution in [1.29, 1.82) is 0 Å². The summed E-state index contributed by atoms with van der Waals surface area (Å²) in [5.41, 5.74) is -1.66. The first-order chi connectivity index (χ1) is 9.38. The number of aryl methyl sites for hydroxylation is 1. The molecule has 0 aliphatic rings. The lowest BCUT2D eigenvalue weighted by Crippen LogP contribution is -2.30. The van der Waals surface area contributed by atoms with Gasteiger partial charge in [0.05, 0.1) is 0 Å². The quantitative estimate of drug-likeness (QED) is 0.494. The molecule has 1 heterocycles. The van der Waals surface area contributed by atoms with E-state index in [1.165, 1.54) is 18.2 Å². The van der Waals surface area contributed by atoms with Gasteiger partial charge in [-0.25, -0.2) is 4.79 Å². The van der Waals surface area contributed by atoms with E-state index in [-0.39, 0.29) is 5.75 Å². The van der Waals surface area contributed by atoms with Crippen molar-refractivity contribution in [3.63, 3.8) is 0 Å². The average Bonchev–Trinajstić information content (AvgIpc) is 2.32. The van der Waals surface area contributed by atoms with Crippen LogP contribution in [0.15, 0.2) is 27.8 Å². The fourth-order valence-corrected chi connectivity index (χ4v) is 1.61. The number of carbonyl (C=O) groups is 1. The third-order valence-electron chi connectivity index (χ3n) is 2.60. The van der Waals surface area contributed by atoms with Crippen LogP contribution in [0, 0.1) is 6.92 Å². The third kappa shape index (κ3) is 2.53. The summed E-state index contributed by atoms with van der Waals surface area (Å²) in [4.78, 5) is 38.0. The zero-order valence-electron chi connectivity index (χ0n) is 10.4. The summed E-state index contributed by atoms with van der Waals surface area (Å²) >= 11 is 0. The number of rotatable bonds is 2. The third-order valence-corrected chi connectivity index (χ3v) is 2.60. The largest absolute Gasteiger partial charge is 0.508 e. The van der Waals surface area contributed by atoms with E-state index >= 15 is 0 Å². The second-order valence-electron chi connectivity index (χ2n) is 4.09. The number of phenols is 1. The lowest BCUT2D eigenvalue weighted by Gasteiger charge is -2.07. The number of hydrogen-bond acceptors (Lipinski definition) is 5. The zero-order chi connectivity index (χ0) is 14.9. The predicted octanol–water partition coefficient (Wildman–Crippen LogP) is 0.0351. The van der Waals surface area contributed by atoms with E-state index < -0.39 is 28.6 Å². The number of phenolic OH excluding ortho intramolecular Hbond substituents is 1. The van der Waals surface area contributed by atoms with E-state index in [9.17, 15) is 24.6 Å². The van der Waals surface area contributed by atoms with Crippen LogP contribution in [0.4, 0.5) is 5.69 Å². The molecule has 1 aromatic heterocycles. The van der Waals surface area contributed by atoms with Crippen LogP contribution >= 0.6 is 0 Å². The fourth-order valence-electron chi connectivity index (χ4n) is 1.61. The Bertz CT molecular complexity index is 790. The lowest BCUT2D eigenvalue weighted by molar-refractivity contribution is 0.102. The molecule has 0 aliphatic carbocycles. The zero-order valence-corrected chi connectivity index (χ0v) is 10.4. The number of amides is 1. The smallest absolute Gasteiger partial charge is 0.328 e. The van der Waals surface area contributed by atoms with E-state index in [0.717, 1.165) is 0 Å². The summed E-state index contributed by atoms with van der Waals surface area (Å²) in [7, 11) is 0. The lowest BCUT2D eigenvalue weighted by atomic mass is 10.2. The Balaban J connectivity index is 2.36. The number of aromatic hydroxyl groups is 2. The van der Waals surface area contributed by atoms with Gasteiger partial charge in [0.1, 0.15) is 5.75 Å². The summed E-state index contributed by atoms with van der Waals surface area (Å²) in [5, 5.41) is 21.2. The van der Waals surface area contributed by atoms with Gasteiger partial charge in [0.2, 0.25) is 5.88 Å². The first kappa shape index (κ1) is 13.4. The molecule has 2 aromatic rings. The second kappa shape index (κ2) is 4.92. The molecular formula is C12H11N3O5. The van der Waals surface area contributed by atoms with Crippen LogP contribution in [0.5, 0.6) is 11.6 Å². The molecule has 8 nitrogen and oxygen atoms in total. The highest BCUT2D eigenvalue weighted by molar-refractivity contribution is 6.05. The number of nitrogens with one attached hydrogen (secondary N) is 3. The van der Waals surface area contributed by atoms with Crippen molar-refractivity contribution in [3.8, 4) is 11.6 Å². The molecular weight excluding hydrogens is 266 g/mol. The second-order valence-corrected chi connectivity index (χ2v) is 4.09. The van der Waals surface area contributed by atoms with Gasteiger partial charge in [-0.2, -0.15) is 0 Å². The van der Waals surface area contributed by atoms with Crippen LogP contribution in [-0.4, -0.2) is 26.1 Å². The molecule has 8 heteroatoms. The van der Waals surface area contributed by atoms with Crippen molar-refractivity contribution in [2.24, 2.45) is 0 Å². The molecule has 0 atom stereocenters. The number of hydrogen-bond donors (Lipinski definition) is 5. The standard InChI is InChI=1S/C12H11N3O5/c1-5-4-6(2-3-7(5)16)13-9(17)8-10(18)14-12(20)15-11(8)19/h2-4,16H,1H3,(H,13,17)(H3,14,15,18,19,20). The Hall–Kier alpha value is -3.03. The summed E-state index contributed by atoms with van der Waals surface area (Å²) in [5.74, 6) is -1.63. The minimum atomic E-state index is -1.00. The average molecular weight is 277 g/mol. The van der Waals surface area contributed by atoms with Gasteiger partial charge >= 0.3 is 5.69 Å². The molecule has 0 saturated heterocycles. The minimum Gasteiger partial charge on any atom is -0.508 e. The summed E-state index contributed by atoms with van der Waals surface area (Å²) in [6.45, 7) is 1.63. The number of carbonyl (C=O) groups excluding carboxylic acids is 1. The number of benzene rings is 1. The van der Waals surface area contributed by atoms with Crippen LogP contribution in [0.3, 0.4) is 0 Å². The number of H-pyrrole nitrogens is 2. The van der Waals surface area contributed by atoms with Crippen molar-refractivity contribution < 1.29 is 15.0 Å². The molecule has 0 unspecified atom stereocenters. The van der Waals surface area contributed by atoms with Crippen LogP contribution in [0.1, 0.15) is 15.9 Å². The Morgan fingerprint density at radius 2 is 1.90 bits per heavy atom. The Morgan fingerprint density at radius 1 is 1.20 bits per heavy atom. The molecule has 20 heavy (non-hydrogen) atoms. The van der Waals surface area contributed by atoms with Crippen LogP contribution in [0.2, 0.25) is 0 Å². The molecule has 0 fully saturated rings. The maximum atomic E-state index is 11.9. The summed E-state index contributed by atoms with van der Waals surface area (Å²) in [6, 6.07) is 4.29. The molecule has 0 saturated carbocycles. The molecule has 5 N–H and O–H groups in total. The van der Waals surface area contributed by atoms with Gasteiger partial charge in [0.25, 0.3) is 11.5 Å². The monoisotopic (exact) mass is 277 g/mol. The Kier molecular flexibility index (Phi) is 3.30. The first-order valence-electron chi connectivity index (χ1n) is 5.55. The van der Waals surface area contributed by atoms with E-state index in [4.69, 9.17) is 0 Å². The van der Waals surface area contributed by atoms with Crippen LogP contribution < -0.4 is 16.6 Å². The van der Waals surface area contributed by atoms with Gasteiger partial charge in [0, 0.05) is 5.69 Å². The van der Waals surface area contributed by atoms with Crippen molar-refractivity contribution in [2.75, 3.05) is 5.32 Å². The van der Waals surface area contributed by atoms with E-state index in [0.29, 0.717) is 11.3 Å². The SMILES string of the molecule is Cc1cc(NC(=O)c2c(O)[nH]c(=O)[nH]c2=O)ccc1O. The van der Waals surface area contributed by atoms with Gasteiger partial charge in [-0.15, -0.1) is 0 Å². The molecule has 0 aliphatic heterocycles. The number of aromatic nitrogens is 2.